The van der Waals surface area contributed by atoms with Crippen molar-refractivity contribution in [3.05, 3.63) is 35.4 Å². The minimum absolute atomic E-state index is 0.00261. The highest BCUT2D eigenvalue weighted by atomic mass is 32.2. The fourth-order valence-corrected chi connectivity index (χ4v) is 2.99. The van der Waals surface area contributed by atoms with Crippen LogP contribution in [0.1, 0.15) is 36.3 Å². The second-order valence-corrected chi connectivity index (χ2v) is 8.30. The molecule has 1 fully saturated rings. The Kier molecular flexibility index (Phi) is 5.04. The molecule has 0 bridgehead atoms. The topological polar surface area (TPSA) is 63.2 Å². The number of amides is 1. The first-order valence-electron chi connectivity index (χ1n) is 7.36. The standard InChI is InChI=1S/C16H23NO3S/c1-12-3-5-13(6-4-12)15(14-7-8-14)11-16(18)17-9-10-21(2,19)20/h3-6,14-15H,7-11H2,1-2H3,(H,17,18). The number of carbonyl (C=O) groups excluding carboxylic acids is 1. The van der Waals surface area contributed by atoms with Crippen LogP contribution in [-0.4, -0.2) is 32.9 Å². The zero-order valence-corrected chi connectivity index (χ0v) is 13.4. The first-order valence-corrected chi connectivity index (χ1v) is 9.42. The summed E-state index contributed by atoms with van der Waals surface area (Å²) in [5.41, 5.74) is 2.42. The highest BCUT2D eigenvalue weighted by molar-refractivity contribution is 7.90. The Morgan fingerprint density at radius 1 is 1.29 bits per heavy atom. The van der Waals surface area contributed by atoms with Crippen LogP contribution in [0.3, 0.4) is 0 Å². The molecule has 5 heteroatoms. The van der Waals surface area contributed by atoms with Crippen molar-refractivity contribution >= 4 is 15.7 Å². The van der Waals surface area contributed by atoms with Gasteiger partial charge in [-0.05, 0) is 37.2 Å². The van der Waals surface area contributed by atoms with E-state index in [-0.39, 0.29) is 24.1 Å². The third-order valence-electron chi connectivity index (χ3n) is 3.90. The zero-order valence-electron chi connectivity index (χ0n) is 12.6. The van der Waals surface area contributed by atoms with Crippen molar-refractivity contribution in [2.75, 3.05) is 18.6 Å². The summed E-state index contributed by atoms with van der Waals surface area (Å²) in [6.07, 6.45) is 3.97. The molecule has 1 aromatic rings. The summed E-state index contributed by atoms with van der Waals surface area (Å²) in [4.78, 5) is 12.0. The fourth-order valence-electron chi connectivity index (χ4n) is 2.52. The van der Waals surface area contributed by atoms with Crippen molar-refractivity contribution in [1.82, 2.24) is 5.32 Å². The van der Waals surface area contributed by atoms with E-state index in [2.05, 4.69) is 29.6 Å². The van der Waals surface area contributed by atoms with Crippen LogP contribution in [0.25, 0.3) is 0 Å². The average molecular weight is 309 g/mol. The minimum Gasteiger partial charge on any atom is -0.355 e. The molecule has 1 aromatic carbocycles. The monoisotopic (exact) mass is 309 g/mol. The van der Waals surface area contributed by atoms with Gasteiger partial charge < -0.3 is 5.32 Å². The Labute approximate surface area is 126 Å². The molecule has 0 heterocycles. The van der Waals surface area contributed by atoms with Crippen LogP contribution in [0.15, 0.2) is 24.3 Å². The maximum absolute atomic E-state index is 12.0. The first kappa shape index (κ1) is 16.0. The van der Waals surface area contributed by atoms with E-state index in [0.717, 1.165) is 0 Å². The fraction of sp³-hybridized carbons (Fsp3) is 0.562. The molecule has 116 valence electrons. The van der Waals surface area contributed by atoms with Gasteiger partial charge in [-0.3, -0.25) is 4.79 Å². The maximum atomic E-state index is 12.0. The second kappa shape index (κ2) is 6.60. The quantitative estimate of drug-likeness (QED) is 0.838. The van der Waals surface area contributed by atoms with Gasteiger partial charge in [0.25, 0.3) is 0 Å². The lowest BCUT2D eigenvalue weighted by molar-refractivity contribution is -0.121. The lowest BCUT2D eigenvalue weighted by atomic mass is 9.90. The molecule has 0 saturated heterocycles. The molecule has 4 nitrogen and oxygen atoms in total. The SMILES string of the molecule is Cc1ccc(C(CC(=O)NCCS(C)(=O)=O)C2CC2)cc1. The highest BCUT2D eigenvalue weighted by Crippen LogP contribution is 2.44. The van der Waals surface area contributed by atoms with Gasteiger partial charge in [-0.2, -0.15) is 0 Å². The molecule has 1 amide bonds. The number of nitrogens with one attached hydrogen (secondary N) is 1. The van der Waals surface area contributed by atoms with Gasteiger partial charge in [0, 0.05) is 19.2 Å². The van der Waals surface area contributed by atoms with E-state index in [4.69, 9.17) is 0 Å². The predicted molar refractivity (Wildman–Crippen MR) is 84.0 cm³/mol. The number of benzene rings is 1. The number of hydrogen-bond donors (Lipinski definition) is 1. The molecule has 1 saturated carbocycles. The normalized spacial score (nSPS) is 16.5. The van der Waals surface area contributed by atoms with Gasteiger partial charge in [-0.15, -0.1) is 0 Å². The molecule has 1 atom stereocenters. The molecule has 1 aliphatic carbocycles. The van der Waals surface area contributed by atoms with Gasteiger partial charge in [0.2, 0.25) is 5.91 Å². The van der Waals surface area contributed by atoms with E-state index in [1.54, 1.807) is 0 Å². The van der Waals surface area contributed by atoms with Gasteiger partial charge in [-0.25, -0.2) is 8.42 Å². The van der Waals surface area contributed by atoms with Gasteiger partial charge in [0.15, 0.2) is 0 Å². The van der Waals surface area contributed by atoms with E-state index in [9.17, 15) is 13.2 Å². The minimum atomic E-state index is -3.02. The van der Waals surface area contributed by atoms with Crippen molar-refractivity contribution in [3.63, 3.8) is 0 Å². The highest BCUT2D eigenvalue weighted by Gasteiger charge is 2.33. The second-order valence-electron chi connectivity index (χ2n) is 6.04. The Morgan fingerprint density at radius 2 is 1.90 bits per heavy atom. The van der Waals surface area contributed by atoms with Crippen LogP contribution in [0.2, 0.25) is 0 Å². The summed E-state index contributed by atoms with van der Waals surface area (Å²) in [5.74, 6) is 0.783. The van der Waals surface area contributed by atoms with Gasteiger partial charge >= 0.3 is 0 Å². The molecule has 2 rings (SSSR count). The van der Waals surface area contributed by atoms with Gasteiger partial charge in [-0.1, -0.05) is 29.8 Å². The number of rotatable bonds is 7. The lowest BCUT2D eigenvalue weighted by Gasteiger charge is -2.16. The first-order chi connectivity index (χ1) is 9.85. The molecule has 0 aliphatic heterocycles. The Hall–Kier alpha value is -1.36. The number of hydrogen-bond acceptors (Lipinski definition) is 3. The molecule has 1 aliphatic rings. The summed E-state index contributed by atoms with van der Waals surface area (Å²) in [6, 6.07) is 8.35. The molecular weight excluding hydrogens is 286 g/mol. The van der Waals surface area contributed by atoms with Crippen LogP contribution < -0.4 is 5.32 Å². The molecule has 0 aromatic heterocycles. The lowest BCUT2D eigenvalue weighted by Crippen LogP contribution is -2.30. The Morgan fingerprint density at radius 3 is 2.43 bits per heavy atom. The van der Waals surface area contributed by atoms with E-state index < -0.39 is 9.84 Å². The van der Waals surface area contributed by atoms with Gasteiger partial charge in [0.05, 0.1) is 5.75 Å². The summed E-state index contributed by atoms with van der Waals surface area (Å²) in [7, 11) is -3.02. The Balaban J connectivity index is 1.91. The molecule has 1 N–H and O–H groups in total. The van der Waals surface area contributed by atoms with Gasteiger partial charge in [0.1, 0.15) is 9.84 Å². The van der Waals surface area contributed by atoms with E-state index >= 15 is 0 Å². The van der Waals surface area contributed by atoms with E-state index in [1.165, 1.54) is 30.2 Å². The van der Waals surface area contributed by atoms with Crippen molar-refractivity contribution in [3.8, 4) is 0 Å². The zero-order chi connectivity index (χ0) is 15.5. The third kappa shape index (κ3) is 5.50. The van der Waals surface area contributed by atoms with E-state index in [1.807, 2.05) is 6.92 Å². The van der Waals surface area contributed by atoms with Crippen molar-refractivity contribution in [2.24, 2.45) is 5.92 Å². The van der Waals surface area contributed by atoms with Crippen LogP contribution >= 0.6 is 0 Å². The molecule has 21 heavy (non-hydrogen) atoms. The van der Waals surface area contributed by atoms with Crippen LogP contribution in [-0.2, 0) is 14.6 Å². The predicted octanol–water partition coefficient (Wildman–Crippen LogP) is 2.04. The van der Waals surface area contributed by atoms with E-state index in [0.29, 0.717) is 12.3 Å². The number of sulfone groups is 1. The number of aryl methyl sites for hydroxylation is 1. The molecule has 0 radical (unpaired) electrons. The average Bonchev–Trinajstić information content (AvgIpc) is 3.20. The van der Waals surface area contributed by atoms with Crippen LogP contribution in [0, 0.1) is 12.8 Å². The molecule has 0 spiro atoms. The summed E-state index contributed by atoms with van der Waals surface area (Å²) >= 11 is 0. The summed E-state index contributed by atoms with van der Waals surface area (Å²) in [6.45, 7) is 2.25. The smallest absolute Gasteiger partial charge is 0.220 e. The summed E-state index contributed by atoms with van der Waals surface area (Å²) < 4.78 is 22.1. The third-order valence-corrected chi connectivity index (χ3v) is 4.84. The van der Waals surface area contributed by atoms with Crippen molar-refractivity contribution in [1.29, 1.82) is 0 Å². The largest absolute Gasteiger partial charge is 0.355 e. The Bertz CT molecular complexity index is 588. The van der Waals surface area contributed by atoms with Crippen molar-refractivity contribution in [2.45, 2.75) is 32.1 Å². The van der Waals surface area contributed by atoms with Crippen LogP contribution in [0.5, 0.6) is 0 Å². The summed E-state index contributed by atoms with van der Waals surface area (Å²) in [5, 5.41) is 2.72. The van der Waals surface area contributed by atoms with Crippen LogP contribution in [0.4, 0.5) is 0 Å². The number of carbonyl (C=O) groups is 1. The van der Waals surface area contributed by atoms with Crippen molar-refractivity contribution < 1.29 is 13.2 Å². The maximum Gasteiger partial charge on any atom is 0.220 e. The molecular formula is C16H23NO3S. The molecule has 1 unspecified atom stereocenters.